The van der Waals surface area contributed by atoms with Crippen LogP contribution in [0.15, 0.2) is 73.3 Å². The fourth-order valence-corrected chi connectivity index (χ4v) is 4.18. The van der Waals surface area contributed by atoms with Crippen LogP contribution >= 0.6 is 0 Å². The normalized spacial score (nSPS) is 19.8. The minimum atomic E-state index is 0.687. The van der Waals surface area contributed by atoms with E-state index in [0.29, 0.717) is 6.61 Å². The van der Waals surface area contributed by atoms with Gasteiger partial charge in [-0.25, -0.2) is 0 Å². The minimum Gasteiger partial charge on any atom is -0.377 e. The predicted molar refractivity (Wildman–Crippen MR) is 120 cm³/mol. The molecule has 1 saturated carbocycles. The Hall–Kier alpha value is -2.12. The van der Waals surface area contributed by atoms with Crippen LogP contribution in [-0.2, 0) is 11.3 Å². The van der Waals surface area contributed by atoms with Crippen LogP contribution in [-0.4, -0.2) is 6.61 Å². The van der Waals surface area contributed by atoms with E-state index >= 15 is 0 Å². The lowest BCUT2D eigenvalue weighted by atomic mass is 9.78. The van der Waals surface area contributed by atoms with E-state index in [2.05, 4.69) is 74.2 Å². The zero-order valence-corrected chi connectivity index (χ0v) is 17.3. The molecule has 0 aromatic heterocycles. The van der Waals surface area contributed by atoms with E-state index in [1.807, 2.05) is 6.08 Å². The molecule has 3 rings (SSSR count). The quantitative estimate of drug-likeness (QED) is 0.323. The molecular weight excluding hydrogens is 340 g/mol. The summed E-state index contributed by atoms with van der Waals surface area (Å²) < 4.78 is 5.72. The Morgan fingerprint density at radius 2 is 1.57 bits per heavy atom. The molecule has 0 bridgehead atoms. The number of hydrogen-bond acceptors (Lipinski definition) is 1. The molecule has 0 atom stereocenters. The minimum absolute atomic E-state index is 0.687. The fraction of sp³-hybridized carbons (Fsp3) is 0.407. The highest BCUT2D eigenvalue weighted by molar-refractivity contribution is 5.64. The molecule has 1 aliphatic carbocycles. The van der Waals surface area contributed by atoms with Crippen LogP contribution in [0.5, 0.6) is 0 Å². The van der Waals surface area contributed by atoms with Crippen molar-refractivity contribution in [1.82, 2.24) is 0 Å². The number of rotatable bonds is 9. The monoisotopic (exact) mass is 374 g/mol. The molecule has 148 valence electrons. The lowest BCUT2D eigenvalue weighted by Gasteiger charge is -2.27. The van der Waals surface area contributed by atoms with Crippen LogP contribution in [0.1, 0.15) is 62.5 Å². The third-order valence-corrected chi connectivity index (χ3v) is 5.87. The van der Waals surface area contributed by atoms with Gasteiger partial charge >= 0.3 is 0 Å². The molecule has 0 unspecified atom stereocenters. The molecule has 1 heteroatoms. The van der Waals surface area contributed by atoms with E-state index in [1.54, 1.807) is 0 Å². The topological polar surface area (TPSA) is 9.23 Å². The van der Waals surface area contributed by atoms with Gasteiger partial charge in [-0.1, -0.05) is 66.8 Å². The summed E-state index contributed by atoms with van der Waals surface area (Å²) in [6.45, 7) is 7.36. The Kier molecular flexibility index (Phi) is 8.11. The van der Waals surface area contributed by atoms with Crippen molar-refractivity contribution in [3.8, 4) is 11.1 Å². The molecule has 0 amide bonds. The average Bonchev–Trinajstić information content (AvgIpc) is 2.75. The summed E-state index contributed by atoms with van der Waals surface area (Å²) in [4.78, 5) is 0. The standard InChI is InChI=1S/C27H34O/c1-3-5-6-20-28-21-23-10-14-25(15-11-23)27-18-16-26(17-19-27)24-12-8-22(7-4-2)9-13-24/h3-4,7,10-11,14-19,22,24H,1,5-6,8-9,12-13,20-21H2,2H3. The SMILES string of the molecule is C=CCCCOCc1ccc(-c2ccc(C3CCC(C=CC)CC3)cc2)cc1. The Bertz CT molecular complexity index is 731. The number of ether oxygens (including phenoxy) is 1. The van der Waals surface area contributed by atoms with Crippen molar-refractivity contribution in [1.29, 1.82) is 0 Å². The maximum absolute atomic E-state index is 5.72. The highest BCUT2D eigenvalue weighted by Gasteiger charge is 2.20. The van der Waals surface area contributed by atoms with Crippen LogP contribution < -0.4 is 0 Å². The smallest absolute Gasteiger partial charge is 0.0716 e. The van der Waals surface area contributed by atoms with Crippen LogP contribution in [0.3, 0.4) is 0 Å². The lowest BCUT2D eigenvalue weighted by molar-refractivity contribution is 0.119. The van der Waals surface area contributed by atoms with E-state index in [0.717, 1.165) is 31.3 Å². The Morgan fingerprint density at radius 1 is 0.929 bits per heavy atom. The first-order chi connectivity index (χ1) is 13.8. The number of unbranched alkanes of at least 4 members (excludes halogenated alkanes) is 1. The second-order valence-electron chi connectivity index (χ2n) is 7.94. The highest BCUT2D eigenvalue weighted by atomic mass is 16.5. The lowest BCUT2D eigenvalue weighted by Crippen LogP contribution is -2.11. The van der Waals surface area contributed by atoms with Gasteiger partial charge in [-0.05, 0) is 79.5 Å². The largest absolute Gasteiger partial charge is 0.377 e. The zero-order chi connectivity index (χ0) is 19.6. The Morgan fingerprint density at radius 3 is 2.18 bits per heavy atom. The summed E-state index contributed by atoms with van der Waals surface area (Å²) in [6, 6.07) is 18.0. The Labute approximate surface area is 171 Å². The molecule has 1 aliphatic rings. The van der Waals surface area contributed by atoms with Gasteiger partial charge in [0.05, 0.1) is 6.61 Å². The average molecular weight is 375 g/mol. The maximum Gasteiger partial charge on any atom is 0.0716 e. The summed E-state index contributed by atoms with van der Waals surface area (Å²) in [6.07, 6.45) is 13.9. The van der Waals surface area contributed by atoms with Crippen molar-refractivity contribution in [3.63, 3.8) is 0 Å². The Balaban J connectivity index is 1.52. The van der Waals surface area contributed by atoms with Crippen molar-refractivity contribution >= 4 is 0 Å². The molecule has 0 N–H and O–H groups in total. The van der Waals surface area contributed by atoms with Crippen LogP contribution in [0.4, 0.5) is 0 Å². The third kappa shape index (κ3) is 5.94. The first-order valence-electron chi connectivity index (χ1n) is 10.8. The zero-order valence-electron chi connectivity index (χ0n) is 17.3. The number of benzene rings is 2. The van der Waals surface area contributed by atoms with Gasteiger partial charge in [0.1, 0.15) is 0 Å². The first kappa shape index (κ1) is 20.6. The van der Waals surface area contributed by atoms with E-state index in [9.17, 15) is 0 Å². The number of allylic oxidation sites excluding steroid dienone is 3. The van der Waals surface area contributed by atoms with Crippen LogP contribution in [0.2, 0.25) is 0 Å². The summed E-state index contributed by atoms with van der Waals surface area (Å²) in [5, 5.41) is 0. The molecule has 28 heavy (non-hydrogen) atoms. The van der Waals surface area contributed by atoms with Gasteiger partial charge in [-0.3, -0.25) is 0 Å². The van der Waals surface area contributed by atoms with Gasteiger partial charge < -0.3 is 4.74 Å². The number of hydrogen-bond donors (Lipinski definition) is 0. The van der Waals surface area contributed by atoms with Crippen molar-refractivity contribution in [3.05, 3.63) is 84.5 Å². The van der Waals surface area contributed by atoms with Crippen molar-refractivity contribution in [2.45, 2.75) is 58.0 Å². The molecule has 0 aliphatic heterocycles. The second-order valence-corrected chi connectivity index (χ2v) is 7.94. The maximum atomic E-state index is 5.72. The van der Waals surface area contributed by atoms with Gasteiger partial charge in [0, 0.05) is 6.61 Å². The summed E-state index contributed by atoms with van der Waals surface area (Å²) in [5.41, 5.74) is 5.31. The molecule has 1 fully saturated rings. The molecule has 0 radical (unpaired) electrons. The molecular formula is C27H34O. The van der Waals surface area contributed by atoms with Gasteiger partial charge in [-0.2, -0.15) is 0 Å². The summed E-state index contributed by atoms with van der Waals surface area (Å²) >= 11 is 0. The van der Waals surface area contributed by atoms with Crippen LogP contribution in [0, 0.1) is 5.92 Å². The molecule has 1 nitrogen and oxygen atoms in total. The molecule has 0 saturated heterocycles. The first-order valence-corrected chi connectivity index (χ1v) is 10.8. The highest BCUT2D eigenvalue weighted by Crippen LogP contribution is 2.36. The molecule has 2 aromatic rings. The van der Waals surface area contributed by atoms with E-state index < -0.39 is 0 Å². The van der Waals surface area contributed by atoms with Crippen LogP contribution in [0.25, 0.3) is 11.1 Å². The van der Waals surface area contributed by atoms with Gasteiger partial charge in [0.15, 0.2) is 0 Å². The van der Waals surface area contributed by atoms with Crippen molar-refractivity contribution < 1.29 is 4.74 Å². The van der Waals surface area contributed by atoms with E-state index in [-0.39, 0.29) is 0 Å². The second kappa shape index (κ2) is 11.0. The summed E-state index contributed by atoms with van der Waals surface area (Å²) in [5.74, 6) is 1.53. The molecule has 0 heterocycles. The fourth-order valence-electron chi connectivity index (χ4n) is 4.18. The summed E-state index contributed by atoms with van der Waals surface area (Å²) in [7, 11) is 0. The molecule has 2 aromatic carbocycles. The van der Waals surface area contributed by atoms with Gasteiger partial charge in [0.2, 0.25) is 0 Å². The van der Waals surface area contributed by atoms with Crippen molar-refractivity contribution in [2.75, 3.05) is 6.61 Å². The molecule has 0 spiro atoms. The van der Waals surface area contributed by atoms with E-state index in [1.165, 1.54) is 47.9 Å². The van der Waals surface area contributed by atoms with Gasteiger partial charge in [-0.15, -0.1) is 6.58 Å². The van der Waals surface area contributed by atoms with Crippen molar-refractivity contribution in [2.24, 2.45) is 5.92 Å². The third-order valence-electron chi connectivity index (χ3n) is 5.87. The predicted octanol–water partition coefficient (Wildman–Crippen LogP) is 7.69. The van der Waals surface area contributed by atoms with Gasteiger partial charge in [0.25, 0.3) is 0 Å². The van der Waals surface area contributed by atoms with E-state index in [4.69, 9.17) is 4.74 Å².